The summed E-state index contributed by atoms with van der Waals surface area (Å²) in [5, 5.41) is 6.69. The molecule has 0 saturated carbocycles. The van der Waals surface area contributed by atoms with Gasteiger partial charge in [0.25, 0.3) is 0 Å². The Kier molecular flexibility index (Phi) is 6.30. The minimum atomic E-state index is -0.0567. The summed E-state index contributed by atoms with van der Waals surface area (Å²) in [7, 11) is 1.64. The van der Waals surface area contributed by atoms with Gasteiger partial charge >= 0.3 is 0 Å². The van der Waals surface area contributed by atoms with Gasteiger partial charge in [0.1, 0.15) is 12.4 Å². The molecule has 0 spiro atoms. The molecule has 1 saturated heterocycles. The van der Waals surface area contributed by atoms with Crippen LogP contribution in [0.15, 0.2) is 60.1 Å². The van der Waals surface area contributed by atoms with Crippen molar-refractivity contribution in [3.05, 3.63) is 75.7 Å². The lowest BCUT2D eigenvalue weighted by Crippen LogP contribution is -2.29. The van der Waals surface area contributed by atoms with Crippen molar-refractivity contribution in [2.24, 2.45) is 0 Å². The average molecular weight is 446 g/mol. The third-order valence-electron chi connectivity index (χ3n) is 4.67. The second-order valence-corrected chi connectivity index (χ2v) is 8.24. The minimum absolute atomic E-state index is 0.0197. The number of hydrogen-bond acceptors (Lipinski definition) is 5. The number of thiocarbonyl (C=S) groups is 1. The highest BCUT2D eigenvalue weighted by Crippen LogP contribution is 2.44. The SMILES string of the molecule is COCCOc1ccc(N2C(=S)N[C@H](c3ccccn3)[C@H]2c2cccs2)cc1Cl. The van der Waals surface area contributed by atoms with Crippen molar-refractivity contribution < 1.29 is 9.47 Å². The van der Waals surface area contributed by atoms with E-state index in [4.69, 9.17) is 33.3 Å². The lowest BCUT2D eigenvalue weighted by atomic mass is 10.0. The molecule has 3 heterocycles. The van der Waals surface area contributed by atoms with Gasteiger partial charge in [0.2, 0.25) is 0 Å². The molecule has 0 bridgehead atoms. The van der Waals surface area contributed by atoms with Gasteiger partial charge < -0.3 is 19.7 Å². The quantitative estimate of drug-likeness (QED) is 0.408. The smallest absolute Gasteiger partial charge is 0.174 e. The van der Waals surface area contributed by atoms with Crippen LogP contribution >= 0.6 is 35.2 Å². The van der Waals surface area contributed by atoms with E-state index in [0.717, 1.165) is 11.4 Å². The number of nitrogens with one attached hydrogen (secondary N) is 1. The Morgan fingerprint density at radius 1 is 1.21 bits per heavy atom. The number of ether oxygens (including phenoxy) is 2. The Morgan fingerprint density at radius 3 is 2.79 bits per heavy atom. The van der Waals surface area contributed by atoms with Crippen LogP contribution in [0.3, 0.4) is 0 Å². The summed E-state index contributed by atoms with van der Waals surface area (Å²) in [4.78, 5) is 7.86. The molecule has 1 aliphatic heterocycles. The summed E-state index contributed by atoms with van der Waals surface area (Å²) in [6.45, 7) is 0.948. The van der Waals surface area contributed by atoms with Crippen molar-refractivity contribution in [2.75, 3.05) is 25.2 Å². The number of methoxy groups -OCH3 is 1. The van der Waals surface area contributed by atoms with Crippen LogP contribution in [0, 0.1) is 0 Å². The molecule has 3 aromatic rings. The first-order chi connectivity index (χ1) is 14.2. The van der Waals surface area contributed by atoms with Gasteiger partial charge in [0.15, 0.2) is 5.11 Å². The van der Waals surface area contributed by atoms with Crippen LogP contribution in [-0.4, -0.2) is 30.4 Å². The van der Waals surface area contributed by atoms with Gasteiger partial charge in [-0.3, -0.25) is 4.98 Å². The van der Waals surface area contributed by atoms with Crippen molar-refractivity contribution in [3.63, 3.8) is 0 Å². The van der Waals surface area contributed by atoms with Crippen LogP contribution in [0.4, 0.5) is 5.69 Å². The zero-order chi connectivity index (χ0) is 20.2. The predicted molar refractivity (Wildman–Crippen MR) is 121 cm³/mol. The number of halogens is 1. The number of aromatic nitrogens is 1. The molecule has 1 aliphatic rings. The Morgan fingerprint density at radius 2 is 2.10 bits per heavy atom. The van der Waals surface area contributed by atoms with E-state index in [0.29, 0.717) is 29.1 Å². The molecule has 1 N–H and O–H groups in total. The van der Waals surface area contributed by atoms with Crippen molar-refractivity contribution in [1.82, 2.24) is 10.3 Å². The maximum atomic E-state index is 6.49. The maximum Gasteiger partial charge on any atom is 0.174 e. The minimum Gasteiger partial charge on any atom is -0.490 e. The van der Waals surface area contributed by atoms with Crippen molar-refractivity contribution >= 4 is 46.0 Å². The first kappa shape index (κ1) is 20.1. The molecule has 8 heteroatoms. The van der Waals surface area contributed by atoms with Gasteiger partial charge in [-0.25, -0.2) is 0 Å². The normalized spacial score (nSPS) is 18.7. The molecular formula is C21H20ClN3O2S2. The summed E-state index contributed by atoms with van der Waals surface area (Å²) < 4.78 is 10.7. The van der Waals surface area contributed by atoms with Gasteiger partial charge in [-0.05, 0) is 54.0 Å². The van der Waals surface area contributed by atoms with E-state index in [-0.39, 0.29) is 12.1 Å². The standard InChI is InChI=1S/C21H20ClN3O2S2/c1-26-10-11-27-17-8-7-14(13-15(17)22)25-20(18-6-4-12-29-18)19(24-21(25)28)16-5-2-3-9-23-16/h2-9,12-13,19-20H,10-11H2,1H3,(H,24,28)/t19-,20-/m1/s1. The molecule has 1 fully saturated rings. The number of nitrogens with zero attached hydrogens (tertiary/aromatic N) is 2. The fraction of sp³-hybridized carbons (Fsp3) is 0.238. The lowest BCUT2D eigenvalue weighted by Gasteiger charge is -2.27. The summed E-state index contributed by atoms with van der Waals surface area (Å²) in [5.41, 5.74) is 1.85. The Labute approximate surface area is 184 Å². The van der Waals surface area contributed by atoms with Crippen LogP contribution in [0.2, 0.25) is 5.02 Å². The van der Waals surface area contributed by atoms with Gasteiger partial charge in [0.05, 0.1) is 29.4 Å². The molecule has 2 atom stereocenters. The molecule has 5 nitrogen and oxygen atoms in total. The second-order valence-electron chi connectivity index (χ2n) is 6.47. The van der Waals surface area contributed by atoms with Crippen molar-refractivity contribution in [2.45, 2.75) is 12.1 Å². The van der Waals surface area contributed by atoms with Crippen molar-refractivity contribution in [1.29, 1.82) is 0 Å². The van der Waals surface area contributed by atoms with E-state index in [9.17, 15) is 0 Å². The maximum absolute atomic E-state index is 6.49. The molecule has 0 aliphatic carbocycles. The van der Waals surface area contributed by atoms with Crippen LogP contribution < -0.4 is 15.0 Å². The zero-order valence-electron chi connectivity index (χ0n) is 15.7. The van der Waals surface area contributed by atoms with Gasteiger partial charge in [0, 0.05) is 23.9 Å². The Balaban J connectivity index is 1.68. The van der Waals surface area contributed by atoms with Crippen LogP contribution in [0.25, 0.3) is 0 Å². The number of pyridine rings is 1. The van der Waals surface area contributed by atoms with E-state index >= 15 is 0 Å². The molecule has 0 amide bonds. The van der Waals surface area contributed by atoms with Crippen LogP contribution in [-0.2, 0) is 4.74 Å². The fourth-order valence-electron chi connectivity index (χ4n) is 3.37. The topological polar surface area (TPSA) is 46.6 Å². The highest BCUT2D eigenvalue weighted by atomic mass is 35.5. The largest absolute Gasteiger partial charge is 0.490 e. The number of benzene rings is 1. The second kappa shape index (κ2) is 9.09. The highest BCUT2D eigenvalue weighted by Gasteiger charge is 2.41. The van der Waals surface area contributed by atoms with Gasteiger partial charge in [-0.1, -0.05) is 23.7 Å². The van der Waals surface area contributed by atoms with Gasteiger partial charge in [-0.15, -0.1) is 11.3 Å². The Hall–Kier alpha value is -2.19. The summed E-state index contributed by atoms with van der Waals surface area (Å²) >= 11 is 13.9. The first-order valence-electron chi connectivity index (χ1n) is 9.14. The summed E-state index contributed by atoms with van der Waals surface area (Å²) in [6.07, 6.45) is 1.80. The average Bonchev–Trinajstić information content (AvgIpc) is 3.37. The van der Waals surface area contributed by atoms with E-state index in [1.165, 1.54) is 4.88 Å². The first-order valence-corrected chi connectivity index (χ1v) is 10.8. The molecule has 0 unspecified atom stereocenters. The summed E-state index contributed by atoms with van der Waals surface area (Å²) in [5.74, 6) is 0.625. The molecule has 29 heavy (non-hydrogen) atoms. The number of rotatable bonds is 7. The van der Waals surface area contributed by atoms with E-state index in [1.54, 1.807) is 24.6 Å². The lowest BCUT2D eigenvalue weighted by molar-refractivity contribution is 0.146. The van der Waals surface area contributed by atoms with Crippen LogP contribution in [0.1, 0.15) is 22.7 Å². The van der Waals surface area contributed by atoms with Gasteiger partial charge in [-0.2, -0.15) is 0 Å². The molecular weight excluding hydrogens is 426 g/mol. The van der Waals surface area contributed by atoms with Crippen molar-refractivity contribution in [3.8, 4) is 5.75 Å². The summed E-state index contributed by atoms with van der Waals surface area (Å²) in [6, 6.07) is 15.8. The van der Waals surface area contributed by atoms with E-state index in [2.05, 4.69) is 32.7 Å². The third kappa shape index (κ3) is 4.23. The van der Waals surface area contributed by atoms with E-state index in [1.807, 2.05) is 36.4 Å². The fourth-order valence-corrected chi connectivity index (χ4v) is 4.80. The number of anilines is 1. The molecule has 4 rings (SSSR count). The predicted octanol–water partition coefficient (Wildman–Crippen LogP) is 5.00. The molecule has 2 aromatic heterocycles. The molecule has 1 aromatic carbocycles. The van der Waals surface area contributed by atoms with Crippen LogP contribution in [0.5, 0.6) is 5.75 Å². The number of thiophene rings is 1. The highest BCUT2D eigenvalue weighted by molar-refractivity contribution is 7.80. The molecule has 150 valence electrons. The third-order valence-corrected chi connectivity index (χ3v) is 6.22. The monoisotopic (exact) mass is 445 g/mol. The number of hydrogen-bond donors (Lipinski definition) is 1. The zero-order valence-corrected chi connectivity index (χ0v) is 18.1. The van der Waals surface area contributed by atoms with E-state index < -0.39 is 0 Å². The Bertz CT molecular complexity index is 969. The molecule has 0 radical (unpaired) electrons.